The molecule has 0 saturated heterocycles. The zero-order chi connectivity index (χ0) is 37.4. The summed E-state index contributed by atoms with van der Waals surface area (Å²) in [5, 5.41) is 50.2. The Morgan fingerprint density at radius 2 is 1.92 bits per heavy atom. The molecular weight excluding hydrogens is 705 g/mol. The average molecular weight is 753 g/mol. The van der Waals surface area contributed by atoms with E-state index in [1.165, 1.54) is 11.3 Å². The highest BCUT2D eigenvalue weighted by Gasteiger charge is 2.56. The second-order valence-corrected chi connectivity index (χ2v) is 17.3. The number of aliphatic hydroxyl groups excluding tert-OH is 3. The highest BCUT2D eigenvalue weighted by atomic mass is 32.1. The minimum Gasteiger partial charge on any atom is -0.507 e. The van der Waals surface area contributed by atoms with Crippen molar-refractivity contribution in [3.05, 3.63) is 62.9 Å². The largest absolute Gasteiger partial charge is 0.507 e. The number of guanidine groups is 1. The summed E-state index contributed by atoms with van der Waals surface area (Å²) in [5.41, 5.74) is 8.86. The van der Waals surface area contributed by atoms with E-state index >= 15 is 0 Å². The standard InChI is InChI=1S/C42H48N4O5S2/c1-4-6-27-10-14-36(52-27)37-15-16-38(53-37)40(51)31-12-9-25-20-42(31)19-24(30(21-42)35(50)22-47)7-5-8-28-26(17-33(25)46-41(43)44-3)18-34(49)29-11-13-32(23(2)48)45-39(28)29/h10-11,13-16,18,23-25,30-33,35,45,47-50H,7,9,12,17,19-22H2,1-3H3,(H3,43,44,46)/t23-,24-,25-,30-,31+,32-,33-,35+,42-/m0/s1. The van der Waals surface area contributed by atoms with Gasteiger partial charge >= 0.3 is 0 Å². The summed E-state index contributed by atoms with van der Waals surface area (Å²) >= 11 is 3.16. The van der Waals surface area contributed by atoms with Crippen LogP contribution in [0.5, 0.6) is 5.75 Å². The Labute approximate surface area is 319 Å². The predicted octanol–water partition coefficient (Wildman–Crippen LogP) is 5.61. The van der Waals surface area contributed by atoms with Crippen molar-refractivity contribution in [1.29, 1.82) is 0 Å². The van der Waals surface area contributed by atoms with Crippen LogP contribution < -0.4 is 16.4 Å². The maximum absolute atomic E-state index is 14.7. The molecule has 9 nitrogen and oxygen atoms in total. The van der Waals surface area contributed by atoms with Crippen molar-refractivity contribution < 1.29 is 25.2 Å². The Kier molecular flexibility index (Phi) is 10.8. The molecule has 4 aliphatic rings. The summed E-state index contributed by atoms with van der Waals surface area (Å²) in [5.74, 6) is 13.1. The number of hydrogen-bond donors (Lipinski definition) is 7. The van der Waals surface area contributed by atoms with E-state index in [4.69, 9.17) is 5.73 Å². The van der Waals surface area contributed by atoms with Crippen molar-refractivity contribution in [2.75, 3.05) is 19.0 Å². The number of aromatic hydroxyl groups is 1. The zero-order valence-electron chi connectivity index (χ0n) is 30.4. The van der Waals surface area contributed by atoms with Gasteiger partial charge in [-0.05, 0) is 111 Å². The minimum absolute atomic E-state index is 0.0376. The van der Waals surface area contributed by atoms with Gasteiger partial charge in [-0.25, -0.2) is 0 Å². The highest BCUT2D eigenvalue weighted by molar-refractivity contribution is 7.23. The molecule has 53 heavy (non-hydrogen) atoms. The van der Waals surface area contributed by atoms with Gasteiger partial charge in [0.05, 0.1) is 45.9 Å². The molecule has 8 N–H and O–H groups in total. The van der Waals surface area contributed by atoms with E-state index < -0.39 is 17.6 Å². The fourth-order valence-electron chi connectivity index (χ4n) is 9.45. The third-order valence-electron chi connectivity index (χ3n) is 12.0. The fraction of sp³-hybridized carbons (Fsp3) is 0.476. The number of fused-ring (bicyclic) bond motifs is 5. The van der Waals surface area contributed by atoms with Gasteiger partial charge in [0.2, 0.25) is 0 Å². The first-order valence-electron chi connectivity index (χ1n) is 18.5. The van der Waals surface area contributed by atoms with Crippen molar-refractivity contribution in [2.45, 2.75) is 83.1 Å². The van der Waals surface area contributed by atoms with E-state index in [1.54, 1.807) is 31.4 Å². The van der Waals surface area contributed by atoms with Crippen LogP contribution in [0.3, 0.4) is 0 Å². The van der Waals surface area contributed by atoms with E-state index in [0.717, 1.165) is 43.5 Å². The SMILES string of the molecule is CC#Cc1ccc(-c2ccc(C(=O)[C@H]3CC[C@H]4C[C@]35C[C@H](CC#Cc3c(cc(O)c6c3N[C@H]([C@H](C)O)C=C6)C[C@@H]4NC(N)=NC)[C@@H]([C@H](O)CO)C5)s2)s1. The molecule has 0 radical (unpaired) electrons. The lowest BCUT2D eigenvalue weighted by Gasteiger charge is -2.47. The molecule has 0 unspecified atom stereocenters. The Bertz CT molecular complexity index is 2060. The van der Waals surface area contributed by atoms with Crippen molar-refractivity contribution in [3.63, 3.8) is 0 Å². The van der Waals surface area contributed by atoms with E-state index in [-0.39, 0.29) is 53.9 Å². The van der Waals surface area contributed by atoms with Gasteiger partial charge in [-0.2, -0.15) is 0 Å². The first kappa shape index (κ1) is 37.2. The van der Waals surface area contributed by atoms with Gasteiger partial charge in [0, 0.05) is 40.7 Å². The van der Waals surface area contributed by atoms with Crippen LogP contribution >= 0.6 is 22.7 Å². The molecule has 1 aliphatic heterocycles. The van der Waals surface area contributed by atoms with Crippen LogP contribution in [0.4, 0.5) is 5.69 Å². The third kappa shape index (κ3) is 7.26. The molecule has 3 bridgehead atoms. The molecule has 11 heteroatoms. The summed E-state index contributed by atoms with van der Waals surface area (Å²) in [6.07, 6.45) is 6.59. The number of nitrogens with two attached hydrogens (primary N) is 1. The maximum Gasteiger partial charge on any atom is 0.188 e. The topological polar surface area (TPSA) is 160 Å². The van der Waals surface area contributed by atoms with Crippen LogP contribution in [-0.4, -0.2) is 70.1 Å². The molecule has 3 aliphatic carbocycles. The number of ketones is 1. The molecule has 278 valence electrons. The Hall–Kier alpha value is -4.10. The number of thiophene rings is 2. The number of rotatable bonds is 7. The Morgan fingerprint density at radius 3 is 2.68 bits per heavy atom. The summed E-state index contributed by atoms with van der Waals surface area (Å²) in [6.45, 7) is 3.19. The molecule has 2 aromatic heterocycles. The number of phenols is 1. The number of benzene rings is 1. The van der Waals surface area contributed by atoms with Gasteiger partial charge in [-0.1, -0.05) is 29.9 Å². The molecular formula is C42H48N4O5S2. The van der Waals surface area contributed by atoms with Gasteiger partial charge in [-0.3, -0.25) is 9.79 Å². The van der Waals surface area contributed by atoms with Crippen molar-refractivity contribution >= 4 is 46.2 Å². The molecule has 7 rings (SSSR count). The second-order valence-electron chi connectivity index (χ2n) is 15.2. The molecule has 2 saturated carbocycles. The van der Waals surface area contributed by atoms with Crippen molar-refractivity contribution in [1.82, 2.24) is 5.32 Å². The number of nitrogens with zero attached hydrogens (tertiary/aromatic N) is 1. The zero-order valence-corrected chi connectivity index (χ0v) is 32.0. The predicted molar refractivity (Wildman–Crippen MR) is 213 cm³/mol. The molecule has 9 atom stereocenters. The minimum atomic E-state index is -0.928. The van der Waals surface area contributed by atoms with Crippen molar-refractivity contribution in [2.24, 2.45) is 39.8 Å². The van der Waals surface area contributed by atoms with Gasteiger partial charge in [-0.15, -0.1) is 28.6 Å². The maximum atomic E-state index is 14.7. The Balaban J connectivity index is 1.29. The summed E-state index contributed by atoms with van der Waals surface area (Å²) in [7, 11) is 1.65. The molecule has 3 aromatic rings. The lowest BCUT2D eigenvalue weighted by atomic mass is 9.58. The quantitative estimate of drug-likeness (QED) is 0.0711. The molecule has 2 fully saturated rings. The number of Topliss-reactive ketones (excluding diaryl/α,β-unsaturated/α-hetero) is 1. The smallest absolute Gasteiger partial charge is 0.188 e. The van der Waals surface area contributed by atoms with Gasteiger partial charge in [0.1, 0.15) is 5.75 Å². The van der Waals surface area contributed by atoms with Crippen LogP contribution in [0.15, 0.2) is 41.4 Å². The number of aliphatic hydroxyl groups is 3. The third-order valence-corrected chi connectivity index (χ3v) is 14.3. The summed E-state index contributed by atoms with van der Waals surface area (Å²) in [4.78, 5) is 22.8. The van der Waals surface area contributed by atoms with Gasteiger partial charge in [0.25, 0.3) is 0 Å². The number of aliphatic imine (C=N–C) groups is 1. The van der Waals surface area contributed by atoms with Crippen LogP contribution in [0.2, 0.25) is 0 Å². The molecule has 1 spiro atoms. The van der Waals surface area contributed by atoms with E-state index in [9.17, 15) is 25.2 Å². The number of phenolic OH excluding ortho intramolecular Hbond substituents is 1. The number of nitrogens with one attached hydrogen (secondary N) is 2. The molecule has 0 amide bonds. The number of carbonyl (C=O) groups is 1. The average Bonchev–Trinajstić information content (AvgIpc) is 3.91. The van der Waals surface area contributed by atoms with E-state index in [2.05, 4.69) is 45.4 Å². The van der Waals surface area contributed by atoms with Crippen molar-refractivity contribution in [3.8, 4) is 39.2 Å². The number of anilines is 1. The van der Waals surface area contributed by atoms with Gasteiger partial charge in [0.15, 0.2) is 11.7 Å². The van der Waals surface area contributed by atoms with E-state index in [1.807, 2.05) is 37.3 Å². The lowest BCUT2D eigenvalue weighted by molar-refractivity contribution is 0.0156. The van der Waals surface area contributed by atoms with Crippen LogP contribution in [0.25, 0.3) is 15.8 Å². The van der Waals surface area contributed by atoms with E-state index in [0.29, 0.717) is 49.3 Å². The normalized spacial score (nSPS) is 28.7. The lowest BCUT2D eigenvalue weighted by Crippen LogP contribution is -2.50. The summed E-state index contributed by atoms with van der Waals surface area (Å²) < 4.78 is 0. The second kappa shape index (κ2) is 15.3. The molecule has 1 aromatic carbocycles. The number of hydrogen-bond acceptors (Lipinski definition) is 9. The van der Waals surface area contributed by atoms with Crippen LogP contribution in [0.1, 0.15) is 83.6 Å². The highest BCUT2D eigenvalue weighted by Crippen LogP contribution is 2.61. The van der Waals surface area contributed by atoms with Crippen LogP contribution in [0, 0.1) is 52.8 Å². The number of carbonyl (C=O) groups excluding carboxylic acids is 1. The first-order chi connectivity index (χ1) is 25.5. The Morgan fingerprint density at radius 1 is 1.15 bits per heavy atom. The fourth-order valence-corrected chi connectivity index (χ4v) is 11.5. The van der Waals surface area contributed by atoms with Crippen LogP contribution in [-0.2, 0) is 6.42 Å². The summed E-state index contributed by atoms with van der Waals surface area (Å²) in [6, 6.07) is 9.33. The monoisotopic (exact) mass is 752 g/mol. The van der Waals surface area contributed by atoms with Gasteiger partial charge < -0.3 is 36.8 Å². The first-order valence-corrected chi connectivity index (χ1v) is 20.1. The molecule has 3 heterocycles.